The molecule has 0 amide bonds. The van der Waals surface area contributed by atoms with Gasteiger partial charge < -0.3 is 10.2 Å². The van der Waals surface area contributed by atoms with Crippen molar-refractivity contribution in [3.8, 4) is 0 Å². The minimum atomic E-state index is -1.35. The molecule has 2 N–H and O–H groups in total. The molecule has 4 rings (SSSR count). The second kappa shape index (κ2) is 7.47. The second-order valence-corrected chi connectivity index (χ2v) is 11.9. The van der Waals surface area contributed by atoms with Crippen LogP contribution < -0.4 is 0 Å². The number of allylic oxidation sites excluding steroid dienone is 1. The molecular formula is C24H34O5S. The number of fused-ring (bicyclic) bond motifs is 5. The van der Waals surface area contributed by atoms with Crippen molar-refractivity contribution in [1.29, 1.82) is 0 Å². The number of thioether (sulfide) groups is 1. The Hall–Kier alpha value is -1.14. The molecule has 6 heteroatoms. The van der Waals surface area contributed by atoms with Crippen molar-refractivity contribution in [3.63, 3.8) is 0 Å². The minimum Gasteiger partial charge on any atom is -0.480 e. The van der Waals surface area contributed by atoms with Crippen LogP contribution in [0.4, 0.5) is 0 Å². The Labute approximate surface area is 183 Å². The molecule has 0 spiro atoms. The summed E-state index contributed by atoms with van der Waals surface area (Å²) in [5.41, 5.74) is -0.393. The van der Waals surface area contributed by atoms with Crippen molar-refractivity contribution < 1.29 is 24.6 Å². The highest BCUT2D eigenvalue weighted by Gasteiger charge is 2.66. The van der Waals surface area contributed by atoms with Gasteiger partial charge in [0.15, 0.2) is 11.6 Å². The fourth-order valence-corrected chi connectivity index (χ4v) is 8.21. The van der Waals surface area contributed by atoms with Crippen molar-refractivity contribution in [2.24, 2.45) is 28.6 Å². The van der Waals surface area contributed by atoms with Crippen LogP contribution in [0.25, 0.3) is 0 Å². The van der Waals surface area contributed by atoms with Crippen LogP contribution in [0.5, 0.6) is 0 Å². The van der Waals surface area contributed by atoms with Gasteiger partial charge in [-0.05, 0) is 81.1 Å². The molecule has 0 radical (unpaired) electrons. The summed E-state index contributed by atoms with van der Waals surface area (Å²) in [5.74, 6) is 0.483. The molecule has 0 saturated heterocycles. The van der Waals surface area contributed by atoms with Crippen LogP contribution in [0.1, 0.15) is 72.1 Å². The first-order chi connectivity index (χ1) is 14.0. The largest absolute Gasteiger partial charge is 0.480 e. The highest BCUT2D eigenvalue weighted by molar-refractivity contribution is 8.01. The van der Waals surface area contributed by atoms with Crippen LogP contribution in [-0.2, 0) is 14.4 Å². The van der Waals surface area contributed by atoms with Gasteiger partial charge in [-0.3, -0.25) is 14.4 Å². The van der Waals surface area contributed by atoms with Crippen molar-refractivity contribution in [2.45, 2.75) is 83.0 Å². The Kier molecular flexibility index (Phi) is 5.50. The molecular weight excluding hydrogens is 400 g/mol. The van der Waals surface area contributed by atoms with Gasteiger partial charge in [-0.1, -0.05) is 19.4 Å². The van der Waals surface area contributed by atoms with Crippen molar-refractivity contribution in [3.05, 3.63) is 11.6 Å². The summed E-state index contributed by atoms with van der Waals surface area (Å²) in [6.07, 6.45) is 8.59. The monoisotopic (exact) mass is 434 g/mol. The molecule has 30 heavy (non-hydrogen) atoms. The molecule has 3 saturated carbocycles. The van der Waals surface area contributed by atoms with Crippen LogP contribution in [0.15, 0.2) is 11.6 Å². The maximum Gasteiger partial charge on any atom is 0.316 e. The fraction of sp³-hybridized carbons (Fsp3) is 0.792. The lowest BCUT2D eigenvalue weighted by Gasteiger charge is -2.58. The Morgan fingerprint density at radius 1 is 1.13 bits per heavy atom. The predicted molar refractivity (Wildman–Crippen MR) is 116 cm³/mol. The van der Waals surface area contributed by atoms with E-state index in [4.69, 9.17) is 5.11 Å². The van der Waals surface area contributed by atoms with Gasteiger partial charge in [-0.15, -0.1) is 11.8 Å². The van der Waals surface area contributed by atoms with Gasteiger partial charge in [-0.25, -0.2) is 0 Å². The predicted octanol–water partition coefficient (Wildman–Crippen LogP) is 4.02. The number of carboxylic acid groups (broad SMARTS) is 1. The van der Waals surface area contributed by atoms with Gasteiger partial charge in [0.2, 0.25) is 0 Å². The Balaban J connectivity index is 1.55. The van der Waals surface area contributed by atoms with Crippen molar-refractivity contribution in [1.82, 2.24) is 0 Å². The fourth-order valence-electron chi connectivity index (χ4n) is 7.42. The zero-order valence-corrected chi connectivity index (χ0v) is 19.1. The lowest BCUT2D eigenvalue weighted by Crippen LogP contribution is -2.58. The molecule has 0 heterocycles. The van der Waals surface area contributed by atoms with E-state index in [1.165, 1.54) is 5.57 Å². The summed E-state index contributed by atoms with van der Waals surface area (Å²) in [5, 5.41) is 20.1. The normalized spacial score (nSPS) is 43.8. The molecule has 0 bridgehead atoms. The minimum absolute atomic E-state index is 0.0487. The summed E-state index contributed by atoms with van der Waals surface area (Å²) in [4.78, 5) is 36.2. The van der Waals surface area contributed by atoms with Gasteiger partial charge in [-0.2, -0.15) is 0 Å². The first kappa shape index (κ1) is 22.1. The molecule has 4 aliphatic carbocycles. The third-order valence-electron chi connectivity index (χ3n) is 9.39. The average molecular weight is 435 g/mol. The van der Waals surface area contributed by atoms with E-state index in [1.54, 1.807) is 6.92 Å². The van der Waals surface area contributed by atoms with Crippen molar-refractivity contribution >= 4 is 29.3 Å². The summed E-state index contributed by atoms with van der Waals surface area (Å²) < 4.78 is 0. The third-order valence-corrected chi connectivity index (χ3v) is 10.5. The molecule has 3 fully saturated rings. The van der Waals surface area contributed by atoms with E-state index in [0.29, 0.717) is 30.6 Å². The maximum absolute atomic E-state index is 13.1. The summed E-state index contributed by atoms with van der Waals surface area (Å²) >= 11 is 1.10. The molecule has 0 aromatic carbocycles. The van der Waals surface area contributed by atoms with Crippen LogP contribution in [0, 0.1) is 28.6 Å². The van der Waals surface area contributed by atoms with Crippen LogP contribution in [0.3, 0.4) is 0 Å². The number of carboxylic acids is 1. The number of Topliss-reactive ketones (excluding diaryl/α,β-unsaturated/α-hetero) is 1. The lowest BCUT2D eigenvalue weighted by molar-refractivity contribution is -0.159. The Morgan fingerprint density at radius 3 is 2.53 bits per heavy atom. The van der Waals surface area contributed by atoms with Crippen molar-refractivity contribution in [2.75, 3.05) is 5.75 Å². The smallest absolute Gasteiger partial charge is 0.316 e. The average Bonchev–Trinajstić information content (AvgIpc) is 2.98. The van der Waals surface area contributed by atoms with E-state index in [0.717, 1.165) is 50.3 Å². The topological polar surface area (TPSA) is 91.7 Å². The van der Waals surface area contributed by atoms with Gasteiger partial charge in [0.25, 0.3) is 0 Å². The number of aliphatic hydroxyl groups is 1. The number of hydrogen-bond donors (Lipinski definition) is 2. The Bertz CT molecular complexity index is 805. The van der Waals surface area contributed by atoms with Gasteiger partial charge in [0, 0.05) is 11.8 Å². The molecule has 4 aliphatic rings. The number of rotatable bonds is 5. The summed E-state index contributed by atoms with van der Waals surface area (Å²) in [6, 6.07) is 0. The number of aliphatic carboxylic acids is 1. The SMILES string of the molecule is CC(SCC(=O)[C@@]1(O)CCC2C3CCC4=CC(=O)CC[C@]4(C)C3CC[C@@]21C)C(=O)O. The highest BCUT2D eigenvalue weighted by atomic mass is 32.2. The van der Waals surface area contributed by atoms with Crippen LogP contribution >= 0.6 is 11.8 Å². The first-order valence-electron chi connectivity index (χ1n) is 11.4. The molecule has 4 unspecified atom stereocenters. The van der Waals surface area contributed by atoms with E-state index in [9.17, 15) is 19.5 Å². The van der Waals surface area contributed by atoms with Crippen LogP contribution in [0.2, 0.25) is 0 Å². The second-order valence-electron chi connectivity index (χ2n) is 10.5. The molecule has 166 valence electrons. The van der Waals surface area contributed by atoms with Gasteiger partial charge in [0.1, 0.15) is 5.60 Å². The van der Waals surface area contributed by atoms with E-state index in [1.807, 2.05) is 6.08 Å². The quantitative estimate of drug-likeness (QED) is 0.679. The lowest BCUT2D eigenvalue weighted by atomic mass is 9.46. The standard InChI is InChI=1S/C24H34O5S/c1-14(21(27)28)30-13-20(26)24(29)11-8-19-17-5-4-15-12-16(25)6-9-22(15,2)18(17)7-10-23(19,24)3/h12,14,17-19,29H,4-11,13H2,1-3H3,(H,27,28)/t14?,17?,18?,19?,22-,23-,24-/m0/s1. The molecule has 5 nitrogen and oxygen atoms in total. The molecule has 0 aliphatic heterocycles. The number of hydrogen-bond acceptors (Lipinski definition) is 5. The Morgan fingerprint density at radius 2 is 1.83 bits per heavy atom. The number of ketones is 2. The van der Waals surface area contributed by atoms with E-state index in [-0.39, 0.29) is 22.7 Å². The summed E-state index contributed by atoms with van der Waals surface area (Å²) in [7, 11) is 0. The molecule has 7 atom stereocenters. The maximum atomic E-state index is 13.1. The number of carbonyl (C=O) groups is 3. The van der Waals surface area contributed by atoms with Gasteiger partial charge >= 0.3 is 5.97 Å². The number of carbonyl (C=O) groups excluding carboxylic acids is 2. The summed E-state index contributed by atoms with van der Waals surface area (Å²) in [6.45, 7) is 6.01. The van der Waals surface area contributed by atoms with E-state index < -0.39 is 22.2 Å². The van der Waals surface area contributed by atoms with E-state index >= 15 is 0 Å². The molecule has 0 aromatic rings. The third kappa shape index (κ3) is 3.12. The van der Waals surface area contributed by atoms with Gasteiger partial charge in [0.05, 0.1) is 11.0 Å². The first-order valence-corrected chi connectivity index (χ1v) is 12.4. The highest BCUT2D eigenvalue weighted by Crippen LogP contribution is 2.67. The molecule has 0 aromatic heterocycles. The zero-order chi connectivity index (χ0) is 21.9. The van der Waals surface area contributed by atoms with Crippen LogP contribution in [-0.4, -0.2) is 44.4 Å². The zero-order valence-electron chi connectivity index (χ0n) is 18.3. The van der Waals surface area contributed by atoms with E-state index in [2.05, 4.69) is 13.8 Å².